The van der Waals surface area contributed by atoms with Crippen LogP contribution in [-0.2, 0) is 6.54 Å². The lowest BCUT2D eigenvalue weighted by Crippen LogP contribution is -2.18. The molecule has 2 aromatic carbocycles. The van der Waals surface area contributed by atoms with Gasteiger partial charge in [0.25, 0.3) is 5.91 Å². The van der Waals surface area contributed by atoms with E-state index in [-0.39, 0.29) is 5.91 Å². The van der Waals surface area contributed by atoms with E-state index >= 15 is 0 Å². The van der Waals surface area contributed by atoms with Gasteiger partial charge >= 0.3 is 0 Å². The van der Waals surface area contributed by atoms with E-state index in [9.17, 15) is 4.79 Å². The Labute approximate surface area is 145 Å². The standard InChI is InChI=1S/C19H19N3O3/c1-2-9-22-15-6-4-3-5-14(15)20-19(22)21-18(23)13-7-8-16-17(12-13)25-11-10-24-16/h3-8,12H,2,9-11H2,1H3,(H,20,21,23). The molecule has 1 aliphatic rings. The zero-order chi connectivity index (χ0) is 17.2. The first-order valence-electron chi connectivity index (χ1n) is 8.42. The summed E-state index contributed by atoms with van der Waals surface area (Å²) in [4.78, 5) is 17.2. The summed E-state index contributed by atoms with van der Waals surface area (Å²) in [6, 6.07) is 13.1. The number of ether oxygens (including phenoxy) is 2. The number of amides is 1. The summed E-state index contributed by atoms with van der Waals surface area (Å²) in [7, 11) is 0. The van der Waals surface area contributed by atoms with E-state index in [1.807, 2.05) is 28.8 Å². The Kier molecular flexibility index (Phi) is 4.01. The van der Waals surface area contributed by atoms with Crippen molar-refractivity contribution >= 4 is 22.9 Å². The quantitative estimate of drug-likeness (QED) is 0.792. The zero-order valence-electron chi connectivity index (χ0n) is 14.0. The third kappa shape index (κ3) is 2.91. The Morgan fingerprint density at radius 2 is 1.96 bits per heavy atom. The molecule has 25 heavy (non-hydrogen) atoms. The number of nitrogens with zero attached hydrogens (tertiary/aromatic N) is 2. The van der Waals surface area contributed by atoms with Crippen molar-refractivity contribution in [2.45, 2.75) is 19.9 Å². The van der Waals surface area contributed by atoms with E-state index in [2.05, 4.69) is 17.2 Å². The van der Waals surface area contributed by atoms with Crippen LogP contribution in [0.5, 0.6) is 11.5 Å². The van der Waals surface area contributed by atoms with Gasteiger partial charge in [-0.1, -0.05) is 19.1 Å². The van der Waals surface area contributed by atoms with Gasteiger partial charge < -0.3 is 14.0 Å². The number of hydrogen-bond donors (Lipinski definition) is 1. The van der Waals surface area contributed by atoms with Crippen LogP contribution in [0.4, 0.5) is 5.95 Å². The first-order valence-corrected chi connectivity index (χ1v) is 8.42. The van der Waals surface area contributed by atoms with E-state index in [0.29, 0.717) is 36.2 Å². The monoisotopic (exact) mass is 337 g/mol. The molecule has 1 N–H and O–H groups in total. The molecule has 6 heteroatoms. The number of aryl methyl sites for hydroxylation is 1. The minimum absolute atomic E-state index is 0.218. The first kappa shape index (κ1) is 15.5. The highest BCUT2D eigenvalue weighted by atomic mass is 16.6. The minimum Gasteiger partial charge on any atom is -0.486 e. The number of benzene rings is 2. The molecule has 0 radical (unpaired) electrons. The number of aromatic nitrogens is 2. The summed E-state index contributed by atoms with van der Waals surface area (Å²) in [6.07, 6.45) is 0.952. The average Bonchev–Trinajstić information content (AvgIpc) is 2.99. The van der Waals surface area contributed by atoms with Crippen LogP contribution in [0, 0.1) is 0 Å². The number of imidazole rings is 1. The van der Waals surface area contributed by atoms with Gasteiger partial charge in [0.1, 0.15) is 13.2 Å². The van der Waals surface area contributed by atoms with Crippen LogP contribution >= 0.6 is 0 Å². The van der Waals surface area contributed by atoms with Crippen LogP contribution in [-0.4, -0.2) is 28.7 Å². The maximum atomic E-state index is 12.7. The normalized spacial score (nSPS) is 13.0. The summed E-state index contributed by atoms with van der Waals surface area (Å²) in [5.74, 6) is 1.61. The lowest BCUT2D eigenvalue weighted by atomic mass is 10.2. The number of fused-ring (bicyclic) bond motifs is 2. The number of anilines is 1. The van der Waals surface area contributed by atoms with Crippen molar-refractivity contribution < 1.29 is 14.3 Å². The highest BCUT2D eigenvalue weighted by Crippen LogP contribution is 2.31. The van der Waals surface area contributed by atoms with Gasteiger partial charge in [-0.2, -0.15) is 0 Å². The van der Waals surface area contributed by atoms with Gasteiger partial charge in [0, 0.05) is 12.1 Å². The molecule has 0 aliphatic carbocycles. The molecular weight excluding hydrogens is 318 g/mol. The molecule has 0 saturated carbocycles. The largest absolute Gasteiger partial charge is 0.486 e. The van der Waals surface area contributed by atoms with E-state index in [4.69, 9.17) is 9.47 Å². The van der Waals surface area contributed by atoms with Crippen molar-refractivity contribution in [3.05, 3.63) is 48.0 Å². The van der Waals surface area contributed by atoms with Crippen LogP contribution in [0.2, 0.25) is 0 Å². The van der Waals surface area contributed by atoms with Crippen LogP contribution in [0.25, 0.3) is 11.0 Å². The van der Waals surface area contributed by atoms with Crippen molar-refractivity contribution in [1.29, 1.82) is 0 Å². The number of para-hydroxylation sites is 2. The van der Waals surface area contributed by atoms with Crippen molar-refractivity contribution in [2.75, 3.05) is 18.5 Å². The Morgan fingerprint density at radius 3 is 2.80 bits per heavy atom. The lowest BCUT2D eigenvalue weighted by Gasteiger charge is -2.18. The molecule has 6 nitrogen and oxygen atoms in total. The van der Waals surface area contributed by atoms with Crippen LogP contribution in [0.3, 0.4) is 0 Å². The van der Waals surface area contributed by atoms with Gasteiger partial charge in [0.05, 0.1) is 11.0 Å². The van der Waals surface area contributed by atoms with Crippen molar-refractivity contribution in [3.63, 3.8) is 0 Å². The average molecular weight is 337 g/mol. The summed E-state index contributed by atoms with van der Waals surface area (Å²) in [5.41, 5.74) is 2.40. The summed E-state index contributed by atoms with van der Waals surface area (Å²) in [6.45, 7) is 3.91. The topological polar surface area (TPSA) is 65.4 Å². The van der Waals surface area contributed by atoms with Crippen LogP contribution in [0.15, 0.2) is 42.5 Å². The molecule has 0 bridgehead atoms. The van der Waals surface area contributed by atoms with E-state index in [0.717, 1.165) is 24.0 Å². The van der Waals surface area contributed by atoms with Gasteiger partial charge in [0.15, 0.2) is 11.5 Å². The van der Waals surface area contributed by atoms with E-state index < -0.39 is 0 Å². The molecule has 3 aromatic rings. The van der Waals surface area contributed by atoms with Gasteiger partial charge in [-0.3, -0.25) is 10.1 Å². The van der Waals surface area contributed by atoms with E-state index in [1.54, 1.807) is 18.2 Å². The third-order valence-corrected chi connectivity index (χ3v) is 4.13. The fraction of sp³-hybridized carbons (Fsp3) is 0.263. The molecule has 0 atom stereocenters. The maximum Gasteiger partial charge on any atom is 0.258 e. The predicted octanol–water partition coefficient (Wildman–Crippen LogP) is 3.47. The minimum atomic E-state index is -0.218. The molecule has 1 amide bonds. The number of rotatable bonds is 4. The number of carbonyl (C=O) groups excluding carboxylic acids is 1. The Balaban J connectivity index is 1.64. The molecule has 0 spiro atoms. The molecule has 1 aliphatic heterocycles. The third-order valence-electron chi connectivity index (χ3n) is 4.13. The van der Waals surface area contributed by atoms with Crippen molar-refractivity contribution in [2.24, 2.45) is 0 Å². The first-order chi connectivity index (χ1) is 12.3. The molecule has 4 rings (SSSR count). The molecule has 0 saturated heterocycles. The second kappa shape index (κ2) is 6.47. The SMILES string of the molecule is CCCn1c(NC(=O)c2ccc3c(c2)OCCO3)nc2ccccc21. The van der Waals surface area contributed by atoms with E-state index in [1.165, 1.54) is 0 Å². The highest BCUT2D eigenvalue weighted by Gasteiger charge is 2.17. The van der Waals surface area contributed by atoms with Crippen LogP contribution < -0.4 is 14.8 Å². The summed E-state index contributed by atoms with van der Waals surface area (Å²) in [5, 5.41) is 2.92. The second-order valence-corrected chi connectivity index (χ2v) is 5.89. The second-order valence-electron chi connectivity index (χ2n) is 5.89. The molecular formula is C19H19N3O3. The fourth-order valence-corrected chi connectivity index (χ4v) is 2.98. The van der Waals surface area contributed by atoms with Gasteiger partial charge in [-0.15, -0.1) is 0 Å². The highest BCUT2D eigenvalue weighted by molar-refractivity contribution is 6.04. The molecule has 128 valence electrons. The Morgan fingerprint density at radius 1 is 1.16 bits per heavy atom. The van der Waals surface area contributed by atoms with Gasteiger partial charge in [0.2, 0.25) is 5.95 Å². The number of carbonyl (C=O) groups is 1. The van der Waals surface area contributed by atoms with Crippen LogP contribution in [0.1, 0.15) is 23.7 Å². The molecule has 1 aromatic heterocycles. The summed E-state index contributed by atoms with van der Waals surface area (Å²) < 4.78 is 13.1. The van der Waals surface area contributed by atoms with Gasteiger partial charge in [-0.25, -0.2) is 4.98 Å². The Hall–Kier alpha value is -3.02. The molecule has 0 fully saturated rings. The maximum absolute atomic E-state index is 12.7. The van der Waals surface area contributed by atoms with Crippen molar-refractivity contribution in [1.82, 2.24) is 9.55 Å². The molecule has 0 unspecified atom stereocenters. The Bertz CT molecular complexity index is 933. The number of nitrogens with one attached hydrogen (secondary N) is 1. The number of hydrogen-bond acceptors (Lipinski definition) is 4. The predicted molar refractivity (Wildman–Crippen MR) is 95.4 cm³/mol. The van der Waals surface area contributed by atoms with Crippen molar-refractivity contribution in [3.8, 4) is 11.5 Å². The smallest absolute Gasteiger partial charge is 0.258 e. The van der Waals surface area contributed by atoms with Gasteiger partial charge in [-0.05, 0) is 36.8 Å². The zero-order valence-corrected chi connectivity index (χ0v) is 14.0. The lowest BCUT2D eigenvalue weighted by molar-refractivity contribution is 0.102. The molecule has 2 heterocycles. The fourth-order valence-electron chi connectivity index (χ4n) is 2.98. The summed E-state index contributed by atoms with van der Waals surface area (Å²) >= 11 is 0.